The van der Waals surface area contributed by atoms with E-state index in [1.807, 2.05) is 0 Å². The third-order valence-corrected chi connectivity index (χ3v) is 10.5. The summed E-state index contributed by atoms with van der Waals surface area (Å²) >= 11 is 0. The monoisotopic (exact) mass is 403 g/mol. The van der Waals surface area contributed by atoms with E-state index in [4.69, 9.17) is 19.9 Å². The molecule has 1 saturated heterocycles. The molecular weight excluding hydrogens is 366 g/mol. The van der Waals surface area contributed by atoms with Crippen LogP contribution in [-0.2, 0) is 14.2 Å². The second-order valence-electron chi connectivity index (χ2n) is 11.8. The molecule has 6 saturated carbocycles. The predicted octanol–water partition coefficient (Wildman–Crippen LogP) is 3.21. The minimum absolute atomic E-state index is 0.0521. The predicted molar refractivity (Wildman–Crippen MR) is 109 cm³/mol. The van der Waals surface area contributed by atoms with Crippen LogP contribution >= 0.6 is 0 Å². The normalized spacial score (nSPS) is 58.5. The molecule has 4 bridgehead atoms. The van der Waals surface area contributed by atoms with Gasteiger partial charge in [-0.3, -0.25) is 0 Å². The van der Waals surface area contributed by atoms with Crippen molar-refractivity contribution in [1.82, 2.24) is 0 Å². The van der Waals surface area contributed by atoms with E-state index in [1.165, 1.54) is 18.4 Å². The van der Waals surface area contributed by atoms with E-state index in [1.54, 1.807) is 0 Å². The van der Waals surface area contributed by atoms with Gasteiger partial charge in [0.15, 0.2) is 5.79 Å². The summed E-state index contributed by atoms with van der Waals surface area (Å²) in [7, 11) is 0. The maximum Gasteiger partial charge on any atom is 0.164 e. The lowest BCUT2D eigenvalue weighted by Crippen LogP contribution is -2.68. The quantitative estimate of drug-likeness (QED) is 0.557. The molecule has 1 heterocycles. The van der Waals surface area contributed by atoms with Crippen LogP contribution in [0.3, 0.4) is 0 Å². The molecule has 2 spiro atoms. The van der Waals surface area contributed by atoms with Crippen molar-refractivity contribution in [2.75, 3.05) is 19.9 Å². The van der Waals surface area contributed by atoms with Crippen molar-refractivity contribution in [2.24, 2.45) is 45.7 Å². The smallest absolute Gasteiger partial charge is 0.164 e. The van der Waals surface area contributed by atoms with Crippen molar-refractivity contribution in [3.63, 3.8) is 0 Å². The van der Waals surface area contributed by atoms with Crippen LogP contribution < -0.4 is 5.73 Å². The largest absolute Gasteiger partial charge is 0.396 e. The Morgan fingerprint density at radius 3 is 2.62 bits per heavy atom. The summed E-state index contributed by atoms with van der Waals surface area (Å²) in [5.74, 6) is 1.40. The maximum absolute atomic E-state index is 10.5. The van der Waals surface area contributed by atoms with Gasteiger partial charge in [0.05, 0.1) is 19.4 Å². The Morgan fingerprint density at radius 2 is 1.90 bits per heavy atom. The minimum atomic E-state index is -0.583. The summed E-state index contributed by atoms with van der Waals surface area (Å²) < 4.78 is 19.5. The van der Waals surface area contributed by atoms with Gasteiger partial charge in [0.25, 0.3) is 0 Å². The molecule has 0 aromatic rings. The Hall–Kier alpha value is -0.460. The van der Waals surface area contributed by atoms with E-state index in [0.29, 0.717) is 30.3 Å². The van der Waals surface area contributed by atoms with E-state index in [-0.39, 0.29) is 41.3 Å². The fraction of sp³-hybridized carbons (Fsp3) is 0.917. The van der Waals surface area contributed by atoms with Crippen LogP contribution in [0, 0.1) is 39.9 Å². The number of ether oxygens (including phenoxy) is 3. The lowest BCUT2D eigenvalue weighted by molar-refractivity contribution is -0.356. The van der Waals surface area contributed by atoms with Crippen LogP contribution in [0.15, 0.2) is 12.2 Å². The number of aliphatic hydroxyl groups is 1. The van der Waals surface area contributed by atoms with E-state index >= 15 is 0 Å². The van der Waals surface area contributed by atoms with Crippen LogP contribution in [0.2, 0.25) is 0 Å². The summed E-state index contributed by atoms with van der Waals surface area (Å²) in [4.78, 5) is 0. The fourth-order valence-electron chi connectivity index (χ4n) is 9.83. The molecule has 5 nitrogen and oxygen atoms in total. The number of aliphatic hydroxyl groups excluding tert-OH is 1. The van der Waals surface area contributed by atoms with Gasteiger partial charge in [-0.25, -0.2) is 0 Å². The molecule has 0 aromatic heterocycles. The molecule has 0 radical (unpaired) electrons. The van der Waals surface area contributed by atoms with E-state index in [9.17, 15) is 5.11 Å². The van der Waals surface area contributed by atoms with Crippen molar-refractivity contribution in [3.8, 4) is 0 Å². The van der Waals surface area contributed by atoms with Crippen molar-refractivity contribution >= 4 is 0 Å². The fourth-order valence-corrected chi connectivity index (χ4v) is 9.83. The van der Waals surface area contributed by atoms with E-state index in [0.717, 1.165) is 25.7 Å². The number of hydrogen-bond acceptors (Lipinski definition) is 5. The topological polar surface area (TPSA) is 73.9 Å². The minimum Gasteiger partial charge on any atom is -0.396 e. The highest BCUT2D eigenvalue weighted by atomic mass is 16.7. The van der Waals surface area contributed by atoms with E-state index < -0.39 is 5.79 Å². The molecule has 0 aromatic carbocycles. The number of fused-ring (bicyclic) bond motifs is 1. The molecule has 3 N–H and O–H groups in total. The van der Waals surface area contributed by atoms with Gasteiger partial charge in [-0.05, 0) is 74.7 Å². The zero-order valence-electron chi connectivity index (χ0n) is 18.2. The average Bonchev–Trinajstić information content (AvgIpc) is 3.21. The van der Waals surface area contributed by atoms with Gasteiger partial charge in [0.1, 0.15) is 5.60 Å². The molecule has 7 aliphatic rings. The first-order chi connectivity index (χ1) is 13.7. The highest BCUT2D eigenvalue weighted by Gasteiger charge is 2.94. The van der Waals surface area contributed by atoms with Crippen molar-refractivity contribution in [3.05, 3.63) is 12.2 Å². The highest BCUT2D eigenvalue weighted by molar-refractivity contribution is 5.52. The Balaban J connectivity index is 1.52. The molecule has 9 unspecified atom stereocenters. The molecular formula is C24H37NO4. The third-order valence-electron chi connectivity index (χ3n) is 10.5. The van der Waals surface area contributed by atoms with Gasteiger partial charge in [-0.15, -0.1) is 0 Å². The van der Waals surface area contributed by atoms with Gasteiger partial charge < -0.3 is 25.1 Å². The molecule has 9 atom stereocenters. The zero-order chi connectivity index (χ0) is 20.4. The third kappa shape index (κ3) is 1.89. The lowest BCUT2D eigenvalue weighted by atomic mass is 9.40. The van der Waals surface area contributed by atoms with E-state index in [2.05, 4.69) is 27.4 Å². The molecule has 5 heteroatoms. The number of hydrogen-bond donors (Lipinski definition) is 2. The first kappa shape index (κ1) is 19.2. The second kappa shape index (κ2) is 5.47. The average molecular weight is 404 g/mol. The molecule has 7 rings (SSSR count). The molecule has 29 heavy (non-hydrogen) atoms. The van der Waals surface area contributed by atoms with Crippen LogP contribution in [-0.4, -0.2) is 42.5 Å². The Labute approximate surface area is 174 Å². The zero-order valence-corrected chi connectivity index (χ0v) is 18.2. The Morgan fingerprint density at radius 1 is 1.14 bits per heavy atom. The van der Waals surface area contributed by atoms with Crippen LogP contribution in [0.25, 0.3) is 0 Å². The summed E-state index contributed by atoms with van der Waals surface area (Å²) in [6, 6.07) is 0. The standard InChI is InChI=1S/C24H37NO4/c1-14-15-8-17-22(12-27-13-25)7-5-6-21(4,11-26)16(22)10-19-23(17)18(9-15)24(14,23)29-20(2,3)28-19/h15-19,26H,1,5-13,25H2,2-4H3. The Bertz CT molecular complexity index is 768. The second-order valence-corrected chi connectivity index (χ2v) is 11.8. The lowest BCUT2D eigenvalue weighted by Gasteiger charge is -2.68. The Kier molecular flexibility index (Phi) is 3.63. The SMILES string of the molecule is C=C1C2CC3C4(COCN)CCCC(C)(CO)C4CC4OC(C)(C)OC15C(C2)C435. The summed E-state index contributed by atoms with van der Waals surface area (Å²) in [5, 5.41) is 10.5. The summed E-state index contributed by atoms with van der Waals surface area (Å²) in [6.07, 6.45) is 6.94. The molecule has 1 aliphatic heterocycles. The van der Waals surface area contributed by atoms with Gasteiger partial charge in [-0.1, -0.05) is 19.9 Å². The van der Waals surface area contributed by atoms with Crippen LogP contribution in [0.4, 0.5) is 0 Å². The first-order valence-corrected chi connectivity index (χ1v) is 11.7. The number of rotatable bonds is 4. The molecule has 162 valence electrons. The highest BCUT2D eigenvalue weighted by Crippen LogP contribution is 2.90. The number of nitrogens with two attached hydrogens (primary N) is 1. The first-order valence-electron chi connectivity index (χ1n) is 11.7. The molecule has 6 aliphatic carbocycles. The van der Waals surface area contributed by atoms with Crippen molar-refractivity contribution in [1.29, 1.82) is 0 Å². The van der Waals surface area contributed by atoms with Crippen molar-refractivity contribution in [2.45, 2.75) is 76.8 Å². The van der Waals surface area contributed by atoms with Gasteiger partial charge >= 0.3 is 0 Å². The maximum atomic E-state index is 10.5. The molecule has 0 amide bonds. The summed E-state index contributed by atoms with van der Waals surface area (Å²) in [5.41, 5.74) is 7.00. The van der Waals surface area contributed by atoms with Gasteiger partial charge in [0.2, 0.25) is 0 Å². The van der Waals surface area contributed by atoms with Crippen LogP contribution in [0.5, 0.6) is 0 Å². The molecule has 7 fully saturated rings. The van der Waals surface area contributed by atoms with Gasteiger partial charge in [-0.2, -0.15) is 0 Å². The summed E-state index contributed by atoms with van der Waals surface area (Å²) in [6.45, 7) is 12.2. The van der Waals surface area contributed by atoms with Crippen molar-refractivity contribution < 1.29 is 19.3 Å². The van der Waals surface area contributed by atoms with Gasteiger partial charge in [0, 0.05) is 23.4 Å². The van der Waals surface area contributed by atoms with Crippen LogP contribution in [0.1, 0.15) is 59.3 Å².